The number of nitrogens with zero attached hydrogens (tertiary/aromatic N) is 1. The fraction of sp³-hybridized carbons (Fsp3) is 0.556. The molecular weight excluding hydrogens is 311 g/mol. The summed E-state index contributed by atoms with van der Waals surface area (Å²) in [6, 6.07) is 5.70. The Balaban J connectivity index is 1.54. The minimum Gasteiger partial charge on any atom is -0.493 e. The minimum absolute atomic E-state index is 0.0840. The van der Waals surface area contributed by atoms with E-state index in [1.54, 1.807) is 0 Å². The first-order valence-corrected chi connectivity index (χ1v) is 8.58. The van der Waals surface area contributed by atoms with Crippen LogP contribution in [0.15, 0.2) is 24.3 Å². The average Bonchev–Trinajstić information content (AvgIpc) is 2.78. The van der Waals surface area contributed by atoms with Crippen molar-refractivity contribution in [3.05, 3.63) is 30.1 Å². The highest BCUT2D eigenvalue weighted by Crippen LogP contribution is 2.12. The Morgan fingerprint density at radius 1 is 1.21 bits per heavy atom. The summed E-state index contributed by atoms with van der Waals surface area (Å²) in [5.41, 5.74) is 0. The zero-order valence-electron chi connectivity index (χ0n) is 13.9. The van der Waals surface area contributed by atoms with Crippen LogP contribution in [0.2, 0.25) is 0 Å². The number of likely N-dealkylation sites (tertiary alicyclic amines) is 1. The number of amides is 2. The molecule has 1 fully saturated rings. The monoisotopic (exact) mass is 336 g/mol. The average molecular weight is 336 g/mol. The molecule has 0 atom stereocenters. The number of carbonyl (C=O) groups excluding carboxylic acids is 2. The first kappa shape index (κ1) is 18.2. The molecule has 0 aromatic heterocycles. The van der Waals surface area contributed by atoms with E-state index in [0.717, 1.165) is 32.2 Å². The zero-order chi connectivity index (χ0) is 17.2. The maximum absolute atomic E-state index is 12.7. The van der Waals surface area contributed by atoms with Crippen LogP contribution in [0, 0.1) is 5.82 Å². The van der Waals surface area contributed by atoms with Gasteiger partial charge in [-0.3, -0.25) is 9.59 Å². The second kappa shape index (κ2) is 9.90. The van der Waals surface area contributed by atoms with E-state index < -0.39 is 0 Å². The Labute approximate surface area is 142 Å². The van der Waals surface area contributed by atoms with Gasteiger partial charge in [0.1, 0.15) is 11.6 Å². The van der Waals surface area contributed by atoms with Gasteiger partial charge in [-0.25, -0.2) is 4.39 Å². The predicted molar refractivity (Wildman–Crippen MR) is 89.2 cm³/mol. The van der Waals surface area contributed by atoms with E-state index in [-0.39, 0.29) is 30.7 Å². The second-order valence-electron chi connectivity index (χ2n) is 5.95. The number of ether oxygens (including phenoxy) is 1. The fourth-order valence-corrected chi connectivity index (χ4v) is 2.65. The maximum atomic E-state index is 12.7. The van der Waals surface area contributed by atoms with E-state index in [1.807, 2.05) is 4.90 Å². The van der Waals surface area contributed by atoms with Gasteiger partial charge in [-0.15, -0.1) is 0 Å². The number of carbonyl (C=O) groups is 2. The summed E-state index contributed by atoms with van der Waals surface area (Å²) in [5, 5.41) is 2.83. The van der Waals surface area contributed by atoms with E-state index in [1.165, 1.54) is 24.3 Å². The van der Waals surface area contributed by atoms with Crippen LogP contribution in [-0.4, -0.2) is 43.0 Å². The standard InChI is InChI=1S/C18H25FN2O3/c19-15-6-8-16(9-7-15)24-14-10-17(22)20-11-4-13-21-12-3-1-2-5-18(21)23/h6-9H,1-5,10-14H2,(H,20,22). The summed E-state index contributed by atoms with van der Waals surface area (Å²) in [6.45, 7) is 2.34. The highest BCUT2D eigenvalue weighted by atomic mass is 19.1. The van der Waals surface area contributed by atoms with Crippen molar-refractivity contribution in [3.63, 3.8) is 0 Å². The molecule has 5 nitrogen and oxygen atoms in total. The van der Waals surface area contributed by atoms with Crippen LogP contribution >= 0.6 is 0 Å². The lowest BCUT2D eigenvalue weighted by molar-refractivity contribution is -0.130. The van der Waals surface area contributed by atoms with Crippen molar-refractivity contribution in [2.45, 2.75) is 38.5 Å². The van der Waals surface area contributed by atoms with Gasteiger partial charge >= 0.3 is 0 Å². The molecule has 0 unspecified atom stereocenters. The summed E-state index contributed by atoms with van der Waals surface area (Å²) in [4.78, 5) is 25.5. The molecule has 1 aliphatic rings. The molecule has 1 aliphatic heterocycles. The molecule has 0 spiro atoms. The van der Waals surface area contributed by atoms with Crippen molar-refractivity contribution in [2.75, 3.05) is 26.2 Å². The highest BCUT2D eigenvalue weighted by molar-refractivity contribution is 5.76. The number of rotatable bonds is 8. The summed E-state index contributed by atoms with van der Waals surface area (Å²) in [7, 11) is 0. The van der Waals surface area contributed by atoms with Gasteiger partial charge in [0.2, 0.25) is 11.8 Å². The topological polar surface area (TPSA) is 58.6 Å². The first-order valence-electron chi connectivity index (χ1n) is 8.58. The molecule has 1 saturated heterocycles. The Morgan fingerprint density at radius 3 is 2.79 bits per heavy atom. The molecule has 1 aromatic rings. The van der Waals surface area contributed by atoms with Gasteiger partial charge in [0, 0.05) is 26.1 Å². The van der Waals surface area contributed by atoms with Crippen LogP contribution in [0.1, 0.15) is 38.5 Å². The molecule has 1 aromatic carbocycles. The normalized spacial score (nSPS) is 15.0. The van der Waals surface area contributed by atoms with Gasteiger partial charge in [-0.2, -0.15) is 0 Å². The maximum Gasteiger partial charge on any atom is 0.223 e. The lowest BCUT2D eigenvalue weighted by Crippen LogP contribution is -2.34. The van der Waals surface area contributed by atoms with E-state index in [2.05, 4.69) is 5.32 Å². The van der Waals surface area contributed by atoms with Crippen molar-refractivity contribution in [1.82, 2.24) is 10.2 Å². The van der Waals surface area contributed by atoms with Crippen molar-refractivity contribution in [2.24, 2.45) is 0 Å². The third kappa shape index (κ3) is 6.56. The zero-order valence-corrected chi connectivity index (χ0v) is 13.9. The smallest absolute Gasteiger partial charge is 0.223 e. The van der Waals surface area contributed by atoms with E-state index in [4.69, 9.17) is 4.74 Å². The number of halogens is 1. The quantitative estimate of drug-likeness (QED) is 0.742. The molecule has 1 heterocycles. The summed E-state index contributed by atoms with van der Waals surface area (Å²) in [5.74, 6) is 0.373. The van der Waals surface area contributed by atoms with Crippen LogP contribution < -0.4 is 10.1 Å². The Kier molecular flexibility index (Phi) is 7.52. The third-order valence-corrected chi connectivity index (χ3v) is 4.01. The summed E-state index contributed by atoms with van der Waals surface area (Å²) in [6.07, 6.45) is 4.83. The summed E-state index contributed by atoms with van der Waals surface area (Å²) < 4.78 is 18.1. The fourth-order valence-electron chi connectivity index (χ4n) is 2.65. The van der Waals surface area contributed by atoms with Crippen molar-refractivity contribution in [1.29, 1.82) is 0 Å². The van der Waals surface area contributed by atoms with Gasteiger partial charge in [0.25, 0.3) is 0 Å². The number of hydrogen-bond donors (Lipinski definition) is 1. The molecule has 0 radical (unpaired) electrons. The van der Waals surface area contributed by atoms with Gasteiger partial charge in [0.15, 0.2) is 0 Å². The number of benzene rings is 1. The Bertz CT molecular complexity index is 534. The molecule has 2 rings (SSSR count). The van der Waals surface area contributed by atoms with Crippen molar-refractivity contribution < 1.29 is 18.7 Å². The van der Waals surface area contributed by atoms with Crippen molar-refractivity contribution in [3.8, 4) is 5.75 Å². The molecular formula is C18H25FN2O3. The first-order chi connectivity index (χ1) is 11.6. The Hall–Kier alpha value is -2.11. The van der Waals surface area contributed by atoms with Gasteiger partial charge in [-0.1, -0.05) is 6.42 Å². The lowest BCUT2D eigenvalue weighted by atomic mass is 10.2. The number of nitrogens with one attached hydrogen (secondary N) is 1. The summed E-state index contributed by atoms with van der Waals surface area (Å²) >= 11 is 0. The molecule has 6 heteroatoms. The largest absolute Gasteiger partial charge is 0.493 e. The Morgan fingerprint density at radius 2 is 2.00 bits per heavy atom. The SMILES string of the molecule is O=C(CCOc1ccc(F)cc1)NCCCN1CCCCCC1=O. The lowest BCUT2D eigenvalue weighted by Gasteiger charge is -2.20. The molecule has 2 amide bonds. The van der Waals surface area contributed by atoms with Crippen LogP contribution in [-0.2, 0) is 9.59 Å². The highest BCUT2D eigenvalue weighted by Gasteiger charge is 2.15. The van der Waals surface area contributed by atoms with Crippen LogP contribution in [0.3, 0.4) is 0 Å². The van der Waals surface area contributed by atoms with Crippen LogP contribution in [0.4, 0.5) is 4.39 Å². The molecule has 0 bridgehead atoms. The predicted octanol–water partition coefficient (Wildman–Crippen LogP) is 2.50. The van der Waals surface area contributed by atoms with Gasteiger partial charge in [-0.05, 0) is 43.5 Å². The molecule has 0 saturated carbocycles. The van der Waals surface area contributed by atoms with Crippen LogP contribution in [0.5, 0.6) is 5.75 Å². The number of hydrogen-bond acceptors (Lipinski definition) is 3. The van der Waals surface area contributed by atoms with E-state index >= 15 is 0 Å². The van der Waals surface area contributed by atoms with Gasteiger partial charge in [0.05, 0.1) is 13.0 Å². The molecule has 132 valence electrons. The third-order valence-electron chi connectivity index (χ3n) is 4.01. The van der Waals surface area contributed by atoms with E-state index in [0.29, 0.717) is 25.3 Å². The minimum atomic E-state index is -0.317. The molecule has 0 aliphatic carbocycles. The van der Waals surface area contributed by atoms with Crippen LogP contribution in [0.25, 0.3) is 0 Å². The van der Waals surface area contributed by atoms with Crippen molar-refractivity contribution >= 4 is 11.8 Å². The molecule has 24 heavy (non-hydrogen) atoms. The van der Waals surface area contributed by atoms with E-state index in [9.17, 15) is 14.0 Å². The molecule has 1 N–H and O–H groups in total. The van der Waals surface area contributed by atoms with Gasteiger partial charge < -0.3 is 15.0 Å². The second-order valence-corrected chi connectivity index (χ2v) is 5.95.